The van der Waals surface area contributed by atoms with Crippen molar-refractivity contribution in [3.63, 3.8) is 0 Å². The fourth-order valence-electron chi connectivity index (χ4n) is 3.28. The third-order valence-electron chi connectivity index (χ3n) is 4.66. The molecule has 6 heteroatoms. The van der Waals surface area contributed by atoms with E-state index in [9.17, 15) is 4.79 Å². The van der Waals surface area contributed by atoms with E-state index < -0.39 is 0 Å². The molecule has 152 valence electrons. The van der Waals surface area contributed by atoms with Crippen LogP contribution in [-0.2, 0) is 17.6 Å². The van der Waals surface area contributed by atoms with Gasteiger partial charge in [-0.05, 0) is 57.7 Å². The largest absolute Gasteiger partial charge is 0.475 e. The number of hydrogen-bond acceptors (Lipinski definition) is 6. The molecule has 0 amide bonds. The molecule has 29 heavy (non-hydrogen) atoms. The van der Waals surface area contributed by atoms with Crippen LogP contribution in [0.4, 0.5) is 0 Å². The predicted octanol–water partition coefficient (Wildman–Crippen LogP) is 4.98. The van der Waals surface area contributed by atoms with Crippen molar-refractivity contribution in [1.29, 1.82) is 0 Å². The Labute approximate surface area is 171 Å². The van der Waals surface area contributed by atoms with Gasteiger partial charge in [-0.25, -0.2) is 4.98 Å². The van der Waals surface area contributed by atoms with Gasteiger partial charge in [0.1, 0.15) is 5.78 Å². The lowest BCUT2D eigenvalue weighted by atomic mass is 9.95. The molecule has 6 nitrogen and oxygen atoms in total. The quantitative estimate of drug-likeness (QED) is 0.537. The first kappa shape index (κ1) is 20.7. The molecule has 0 fully saturated rings. The van der Waals surface area contributed by atoms with E-state index in [-0.39, 0.29) is 11.9 Å². The maximum atomic E-state index is 11.4. The normalized spacial score (nSPS) is 11.1. The Morgan fingerprint density at radius 2 is 2.07 bits per heavy atom. The van der Waals surface area contributed by atoms with Gasteiger partial charge in [0.2, 0.25) is 11.7 Å². The number of nitrogens with zero attached hydrogens (tertiary/aromatic N) is 3. The van der Waals surface area contributed by atoms with Gasteiger partial charge in [0, 0.05) is 23.7 Å². The summed E-state index contributed by atoms with van der Waals surface area (Å²) >= 11 is 0. The summed E-state index contributed by atoms with van der Waals surface area (Å²) in [7, 11) is 0. The van der Waals surface area contributed by atoms with E-state index in [0.717, 1.165) is 40.7 Å². The average molecular weight is 393 g/mol. The number of ether oxygens (including phenoxy) is 1. The summed E-state index contributed by atoms with van der Waals surface area (Å²) in [6.07, 6.45) is 3.83. The van der Waals surface area contributed by atoms with Gasteiger partial charge in [-0.3, -0.25) is 0 Å². The molecular weight excluding hydrogens is 366 g/mol. The van der Waals surface area contributed by atoms with Gasteiger partial charge in [-0.2, -0.15) is 4.98 Å². The second kappa shape index (κ2) is 8.99. The van der Waals surface area contributed by atoms with Crippen LogP contribution in [0.5, 0.6) is 5.88 Å². The highest BCUT2D eigenvalue weighted by Gasteiger charge is 2.17. The minimum Gasteiger partial charge on any atom is -0.475 e. The SMILES string of the molecule is CCc1c(CCC(C)=O)cccc1-c1noc(-c2cnc(OC(C)C)c(C)c2)n1. The van der Waals surface area contributed by atoms with Gasteiger partial charge >= 0.3 is 0 Å². The number of Topliss-reactive ketones (excluding diaryl/α,β-unsaturated/α-hetero) is 1. The molecule has 0 aliphatic heterocycles. The number of ketones is 1. The summed E-state index contributed by atoms with van der Waals surface area (Å²) in [5.41, 5.74) is 4.91. The van der Waals surface area contributed by atoms with E-state index in [1.54, 1.807) is 13.1 Å². The zero-order valence-corrected chi connectivity index (χ0v) is 17.7. The maximum Gasteiger partial charge on any atom is 0.259 e. The molecule has 2 heterocycles. The molecule has 0 radical (unpaired) electrons. The molecule has 1 aromatic carbocycles. The van der Waals surface area contributed by atoms with E-state index in [1.165, 1.54) is 0 Å². The Balaban J connectivity index is 1.91. The lowest BCUT2D eigenvalue weighted by Gasteiger charge is -2.11. The Bertz CT molecular complexity index is 1010. The Morgan fingerprint density at radius 1 is 1.28 bits per heavy atom. The van der Waals surface area contributed by atoms with Crippen molar-refractivity contribution in [3.8, 4) is 28.7 Å². The molecule has 3 rings (SSSR count). The monoisotopic (exact) mass is 393 g/mol. The zero-order chi connectivity index (χ0) is 21.0. The number of carbonyl (C=O) groups is 1. The van der Waals surface area contributed by atoms with Crippen molar-refractivity contribution in [3.05, 3.63) is 47.2 Å². The molecule has 0 bridgehead atoms. The lowest BCUT2D eigenvalue weighted by molar-refractivity contribution is -0.116. The smallest absolute Gasteiger partial charge is 0.259 e. The number of benzene rings is 1. The summed E-state index contributed by atoms with van der Waals surface area (Å²) in [5, 5.41) is 4.20. The second-order valence-electron chi connectivity index (χ2n) is 7.43. The highest BCUT2D eigenvalue weighted by molar-refractivity contribution is 5.76. The lowest BCUT2D eigenvalue weighted by Crippen LogP contribution is -2.08. The van der Waals surface area contributed by atoms with Crippen LogP contribution in [0.1, 0.15) is 50.8 Å². The van der Waals surface area contributed by atoms with Crippen LogP contribution in [0.15, 0.2) is 35.0 Å². The number of pyridine rings is 1. The van der Waals surface area contributed by atoms with Gasteiger partial charge in [0.15, 0.2) is 0 Å². The van der Waals surface area contributed by atoms with E-state index in [4.69, 9.17) is 9.26 Å². The third kappa shape index (κ3) is 4.88. The third-order valence-corrected chi connectivity index (χ3v) is 4.66. The average Bonchev–Trinajstić information content (AvgIpc) is 3.17. The van der Waals surface area contributed by atoms with E-state index >= 15 is 0 Å². The molecule has 0 N–H and O–H groups in total. The molecule has 3 aromatic rings. The molecule has 0 saturated heterocycles. The summed E-state index contributed by atoms with van der Waals surface area (Å²) in [4.78, 5) is 20.4. The molecule has 0 aliphatic carbocycles. The van der Waals surface area contributed by atoms with Crippen LogP contribution >= 0.6 is 0 Å². The van der Waals surface area contributed by atoms with Crippen LogP contribution in [0, 0.1) is 6.92 Å². The number of aryl methyl sites for hydroxylation is 2. The van der Waals surface area contributed by atoms with Gasteiger partial charge in [-0.15, -0.1) is 0 Å². The first-order chi connectivity index (χ1) is 13.9. The molecule has 0 spiro atoms. The van der Waals surface area contributed by atoms with Gasteiger partial charge < -0.3 is 14.1 Å². The first-order valence-corrected chi connectivity index (χ1v) is 9.97. The highest BCUT2D eigenvalue weighted by atomic mass is 16.5. The molecule has 0 unspecified atom stereocenters. The fraction of sp³-hybridized carbons (Fsp3) is 0.391. The molecular formula is C23H27N3O3. The Hall–Kier alpha value is -3.02. The zero-order valence-electron chi connectivity index (χ0n) is 17.7. The molecule has 0 saturated carbocycles. The molecule has 2 aromatic heterocycles. The standard InChI is InChI=1S/C23H27N3O3/c1-6-19-17(11-10-16(5)27)8-7-9-20(19)21-25-23(29-26-21)18-12-15(4)22(24-13-18)28-14(2)3/h7-9,12-14H,6,10-11H2,1-5H3. The summed E-state index contributed by atoms with van der Waals surface area (Å²) < 4.78 is 11.2. The predicted molar refractivity (Wildman–Crippen MR) is 112 cm³/mol. The maximum absolute atomic E-state index is 11.4. The van der Waals surface area contributed by atoms with E-state index in [0.29, 0.717) is 24.0 Å². The van der Waals surface area contributed by atoms with E-state index in [2.05, 4.69) is 28.1 Å². The summed E-state index contributed by atoms with van der Waals surface area (Å²) in [6.45, 7) is 9.59. The van der Waals surface area contributed by atoms with Crippen LogP contribution in [-0.4, -0.2) is 27.0 Å². The molecule has 0 atom stereocenters. The van der Waals surface area contributed by atoms with Crippen LogP contribution < -0.4 is 4.74 Å². The van der Waals surface area contributed by atoms with Gasteiger partial charge in [0.05, 0.1) is 11.7 Å². The minimum atomic E-state index is 0.0600. The number of hydrogen-bond donors (Lipinski definition) is 0. The molecule has 0 aliphatic rings. The Morgan fingerprint density at radius 3 is 2.72 bits per heavy atom. The summed E-state index contributed by atoms with van der Waals surface area (Å²) in [5.74, 6) is 1.76. The minimum absolute atomic E-state index is 0.0600. The fourth-order valence-corrected chi connectivity index (χ4v) is 3.28. The van der Waals surface area contributed by atoms with Crippen molar-refractivity contribution in [1.82, 2.24) is 15.1 Å². The van der Waals surface area contributed by atoms with Crippen molar-refractivity contribution in [2.24, 2.45) is 0 Å². The van der Waals surface area contributed by atoms with Crippen LogP contribution in [0.25, 0.3) is 22.8 Å². The van der Waals surface area contributed by atoms with Crippen LogP contribution in [0.3, 0.4) is 0 Å². The number of rotatable bonds is 8. The van der Waals surface area contributed by atoms with Gasteiger partial charge in [-0.1, -0.05) is 30.3 Å². The Kier molecular flexibility index (Phi) is 6.42. The van der Waals surface area contributed by atoms with Crippen molar-refractivity contribution in [2.45, 2.75) is 60.0 Å². The number of carbonyl (C=O) groups excluding carboxylic acids is 1. The van der Waals surface area contributed by atoms with Crippen molar-refractivity contribution >= 4 is 5.78 Å². The van der Waals surface area contributed by atoms with Crippen LogP contribution in [0.2, 0.25) is 0 Å². The van der Waals surface area contributed by atoms with E-state index in [1.807, 2.05) is 39.0 Å². The first-order valence-electron chi connectivity index (χ1n) is 9.97. The van der Waals surface area contributed by atoms with Crippen molar-refractivity contribution in [2.75, 3.05) is 0 Å². The topological polar surface area (TPSA) is 78.1 Å². The highest BCUT2D eigenvalue weighted by Crippen LogP contribution is 2.29. The summed E-state index contributed by atoms with van der Waals surface area (Å²) in [6, 6.07) is 7.97. The van der Waals surface area contributed by atoms with Crippen molar-refractivity contribution < 1.29 is 14.1 Å². The second-order valence-corrected chi connectivity index (χ2v) is 7.43. The number of aromatic nitrogens is 3. The van der Waals surface area contributed by atoms with Gasteiger partial charge in [0.25, 0.3) is 5.89 Å².